The SMILES string of the molecule is CCCOc1cccc(Cl)c1. The normalized spacial score (nSPS) is 9.64. The van der Waals surface area contributed by atoms with Crippen LogP contribution in [0.4, 0.5) is 0 Å². The monoisotopic (exact) mass is 170 g/mol. The summed E-state index contributed by atoms with van der Waals surface area (Å²) in [5, 5.41) is 0.721. The summed E-state index contributed by atoms with van der Waals surface area (Å²) in [4.78, 5) is 0. The average molecular weight is 171 g/mol. The highest BCUT2D eigenvalue weighted by Gasteiger charge is 1.91. The van der Waals surface area contributed by atoms with Crippen LogP contribution in [0, 0.1) is 0 Å². The highest BCUT2D eigenvalue weighted by molar-refractivity contribution is 6.30. The van der Waals surface area contributed by atoms with E-state index in [-0.39, 0.29) is 0 Å². The third-order valence-corrected chi connectivity index (χ3v) is 1.50. The Hall–Kier alpha value is -0.690. The van der Waals surface area contributed by atoms with Crippen LogP contribution < -0.4 is 4.74 Å². The molecule has 0 N–H and O–H groups in total. The van der Waals surface area contributed by atoms with E-state index >= 15 is 0 Å². The average Bonchev–Trinajstić information content (AvgIpc) is 2.01. The molecule has 2 heteroatoms. The molecule has 1 aromatic carbocycles. The molecule has 0 saturated heterocycles. The standard InChI is InChI=1S/C9H11ClO/c1-2-6-11-9-5-3-4-8(10)7-9/h3-5,7H,2,6H2,1H3. The Morgan fingerprint density at radius 3 is 2.91 bits per heavy atom. The molecule has 60 valence electrons. The Kier molecular flexibility index (Phi) is 3.24. The van der Waals surface area contributed by atoms with Gasteiger partial charge < -0.3 is 4.74 Å². The van der Waals surface area contributed by atoms with Gasteiger partial charge in [0.05, 0.1) is 6.61 Å². The quantitative estimate of drug-likeness (QED) is 0.677. The fraction of sp³-hybridized carbons (Fsp3) is 0.333. The lowest BCUT2D eigenvalue weighted by Gasteiger charge is -2.03. The summed E-state index contributed by atoms with van der Waals surface area (Å²) in [6.45, 7) is 2.82. The Labute approximate surface area is 71.9 Å². The summed E-state index contributed by atoms with van der Waals surface area (Å²) in [5.41, 5.74) is 0. The Morgan fingerprint density at radius 2 is 2.27 bits per heavy atom. The van der Waals surface area contributed by atoms with Crippen LogP contribution in [0.1, 0.15) is 13.3 Å². The van der Waals surface area contributed by atoms with E-state index in [0.717, 1.165) is 23.8 Å². The second-order valence-electron chi connectivity index (χ2n) is 2.31. The van der Waals surface area contributed by atoms with Crippen molar-refractivity contribution in [1.82, 2.24) is 0 Å². The fourth-order valence-corrected chi connectivity index (χ4v) is 0.957. The maximum atomic E-state index is 5.74. The third kappa shape index (κ3) is 2.81. The van der Waals surface area contributed by atoms with Crippen molar-refractivity contribution >= 4 is 11.6 Å². The minimum Gasteiger partial charge on any atom is -0.494 e. The van der Waals surface area contributed by atoms with Crippen LogP contribution in [-0.4, -0.2) is 6.61 Å². The van der Waals surface area contributed by atoms with Gasteiger partial charge in [-0.05, 0) is 24.6 Å². The Bertz CT molecular complexity index is 223. The number of hydrogen-bond donors (Lipinski definition) is 0. The van der Waals surface area contributed by atoms with Gasteiger partial charge in [-0.25, -0.2) is 0 Å². The number of rotatable bonds is 3. The molecule has 0 radical (unpaired) electrons. The van der Waals surface area contributed by atoms with E-state index in [1.807, 2.05) is 24.3 Å². The van der Waals surface area contributed by atoms with Crippen molar-refractivity contribution in [3.05, 3.63) is 29.3 Å². The van der Waals surface area contributed by atoms with Crippen molar-refractivity contribution < 1.29 is 4.74 Å². The lowest BCUT2D eigenvalue weighted by molar-refractivity contribution is 0.317. The largest absolute Gasteiger partial charge is 0.494 e. The molecule has 0 amide bonds. The molecule has 0 heterocycles. The molecule has 1 aromatic rings. The van der Waals surface area contributed by atoms with Gasteiger partial charge >= 0.3 is 0 Å². The zero-order valence-electron chi connectivity index (χ0n) is 6.51. The summed E-state index contributed by atoms with van der Waals surface area (Å²) >= 11 is 5.74. The van der Waals surface area contributed by atoms with Gasteiger partial charge in [0.1, 0.15) is 5.75 Å². The molecule has 0 bridgehead atoms. The first kappa shape index (κ1) is 8.41. The number of hydrogen-bond acceptors (Lipinski definition) is 1. The van der Waals surface area contributed by atoms with Gasteiger partial charge in [-0.1, -0.05) is 24.6 Å². The Balaban J connectivity index is 2.56. The maximum absolute atomic E-state index is 5.74. The van der Waals surface area contributed by atoms with E-state index in [2.05, 4.69) is 6.92 Å². The highest BCUT2D eigenvalue weighted by atomic mass is 35.5. The molecule has 0 aromatic heterocycles. The van der Waals surface area contributed by atoms with Gasteiger partial charge in [0.25, 0.3) is 0 Å². The molecule has 0 aliphatic heterocycles. The van der Waals surface area contributed by atoms with Crippen LogP contribution in [0.2, 0.25) is 5.02 Å². The highest BCUT2D eigenvalue weighted by Crippen LogP contribution is 2.16. The summed E-state index contributed by atoms with van der Waals surface area (Å²) in [7, 11) is 0. The van der Waals surface area contributed by atoms with Gasteiger partial charge in [0.2, 0.25) is 0 Å². The van der Waals surface area contributed by atoms with Gasteiger partial charge in [-0.3, -0.25) is 0 Å². The molecule has 11 heavy (non-hydrogen) atoms. The van der Waals surface area contributed by atoms with E-state index < -0.39 is 0 Å². The van der Waals surface area contributed by atoms with Gasteiger partial charge in [0.15, 0.2) is 0 Å². The van der Waals surface area contributed by atoms with Gasteiger partial charge in [-0.15, -0.1) is 0 Å². The van der Waals surface area contributed by atoms with Gasteiger partial charge in [-0.2, -0.15) is 0 Å². The molecular formula is C9H11ClO. The van der Waals surface area contributed by atoms with E-state index in [1.165, 1.54) is 0 Å². The van der Waals surface area contributed by atoms with Crippen LogP contribution in [0.25, 0.3) is 0 Å². The number of benzene rings is 1. The van der Waals surface area contributed by atoms with Gasteiger partial charge in [0, 0.05) is 5.02 Å². The van der Waals surface area contributed by atoms with Crippen molar-refractivity contribution in [2.75, 3.05) is 6.61 Å². The molecule has 0 unspecified atom stereocenters. The molecule has 1 nitrogen and oxygen atoms in total. The van der Waals surface area contributed by atoms with Crippen LogP contribution in [0.15, 0.2) is 24.3 Å². The van der Waals surface area contributed by atoms with Crippen LogP contribution in [-0.2, 0) is 0 Å². The molecule has 1 rings (SSSR count). The zero-order valence-corrected chi connectivity index (χ0v) is 7.27. The number of halogens is 1. The molecule has 0 saturated carbocycles. The second kappa shape index (κ2) is 4.24. The second-order valence-corrected chi connectivity index (χ2v) is 2.74. The summed E-state index contributed by atoms with van der Waals surface area (Å²) < 4.78 is 5.35. The van der Waals surface area contributed by atoms with Crippen molar-refractivity contribution in [2.24, 2.45) is 0 Å². The van der Waals surface area contributed by atoms with Crippen LogP contribution in [0.3, 0.4) is 0 Å². The molecule has 0 spiro atoms. The fourth-order valence-electron chi connectivity index (χ4n) is 0.777. The maximum Gasteiger partial charge on any atom is 0.120 e. The third-order valence-electron chi connectivity index (χ3n) is 1.27. The van der Waals surface area contributed by atoms with Crippen molar-refractivity contribution in [3.8, 4) is 5.75 Å². The van der Waals surface area contributed by atoms with Crippen molar-refractivity contribution in [3.63, 3.8) is 0 Å². The summed E-state index contributed by atoms with van der Waals surface area (Å²) in [6.07, 6.45) is 1.02. The Morgan fingerprint density at radius 1 is 1.45 bits per heavy atom. The van der Waals surface area contributed by atoms with E-state index in [1.54, 1.807) is 0 Å². The van der Waals surface area contributed by atoms with Crippen molar-refractivity contribution in [1.29, 1.82) is 0 Å². The molecule has 0 aliphatic carbocycles. The van der Waals surface area contributed by atoms with Crippen LogP contribution >= 0.6 is 11.6 Å². The smallest absolute Gasteiger partial charge is 0.120 e. The predicted molar refractivity (Wildman–Crippen MR) is 47.2 cm³/mol. The predicted octanol–water partition coefficient (Wildman–Crippen LogP) is 3.13. The topological polar surface area (TPSA) is 9.23 Å². The molecule has 0 atom stereocenters. The number of ether oxygens (including phenoxy) is 1. The van der Waals surface area contributed by atoms with E-state index in [4.69, 9.17) is 16.3 Å². The molecule has 0 aliphatic rings. The van der Waals surface area contributed by atoms with E-state index in [9.17, 15) is 0 Å². The summed E-state index contributed by atoms with van der Waals surface area (Å²) in [6, 6.07) is 7.44. The van der Waals surface area contributed by atoms with Crippen LogP contribution in [0.5, 0.6) is 5.75 Å². The van der Waals surface area contributed by atoms with E-state index in [0.29, 0.717) is 0 Å². The minimum atomic E-state index is 0.721. The molecule has 0 fully saturated rings. The van der Waals surface area contributed by atoms with Crippen molar-refractivity contribution in [2.45, 2.75) is 13.3 Å². The first-order valence-electron chi connectivity index (χ1n) is 3.71. The molecular weight excluding hydrogens is 160 g/mol. The first-order valence-corrected chi connectivity index (χ1v) is 4.09. The summed E-state index contributed by atoms with van der Waals surface area (Å²) in [5.74, 6) is 0.847. The lowest BCUT2D eigenvalue weighted by Crippen LogP contribution is -1.93. The first-order chi connectivity index (χ1) is 5.33. The lowest BCUT2D eigenvalue weighted by atomic mass is 10.3. The minimum absolute atomic E-state index is 0.721. The zero-order chi connectivity index (χ0) is 8.10.